The molecule has 0 fully saturated rings. The summed E-state index contributed by atoms with van der Waals surface area (Å²) in [6, 6.07) is 10.6. The lowest BCUT2D eigenvalue weighted by Gasteiger charge is -2.17. The number of rotatable bonds is 4. The van der Waals surface area contributed by atoms with E-state index in [0.29, 0.717) is 23.9 Å². The van der Waals surface area contributed by atoms with Crippen molar-refractivity contribution >= 4 is 22.7 Å². The molecule has 2 rings (SSSR count). The average Bonchev–Trinajstić information content (AvgIpc) is 2.43. The smallest absolute Gasteiger partial charge is 0.336 e. The molecule has 0 aliphatic carbocycles. The lowest BCUT2D eigenvalue weighted by atomic mass is 10.1. The van der Waals surface area contributed by atoms with Crippen LogP contribution in [0.4, 0.5) is 5.82 Å². The van der Waals surface area contributed by atoms with Crippen molar-refractivity contribution in [3.63, 3.8) is 0 Å². The van der Waals surface area contributed by atoms with E-state index in [-0.39, 0.29) is 5.56 Å². The van der Waals surface area contributed by atoms with E-state index >= 15 is 0 Å². The van der Waals surface area contributed by atoms with Gasteiger partial charge in [-0.15, -0.1) is 0 Å². The second-order valence-electron chi connectivity index (χ2n) is 4.18. The summed E-state index contributed by atoms with van der Waals surface area (Å²) in [7, 11) is 1.85. The zero-order chi connectivity index (χ0) is 13.8. The molecule has 5 nitrogen and oxygen atoms in total. The molecule has 0 aliphatic rings. The van der Waals surface area contributed by atoms with E-state index in [4.69, 9.17) is 10.4 Å². The van der Waals surface area contributed by atoms with Crippen molar-refractivity contribution in [3.05, 3.63) is 35.9 Å². The Morgan fingerprint density at radius 2 is 2.21 bits per heavy atom. The Balaban J connectivity index is 2.42. The second kappa shape index (κ2) is 5.36. The second-order valence-corrected chi connectivity index (χ2v) is 4.18. The maximum Gasteiger partial charge on any atom is 0.336 e. The van der Waals surface area contributed by atoms with Gasteiger partial charge in [-0.1, -0.05) is 6.07 Å². The number of nitrogens with zero attached hydrogens (tertiary/aromatic N) is 3. The normalized spacial score (nSPS) is 10.1. The maximum absolute atomic E-state index is 11.1. The van der Waals surface area contributed by atoms with Crippen LogP contribution in [-0.4, -0.2) is 29.7 Å². The van der Waals surface area contributed by atoms with Gasteiger partial charge < -0.3 is 10.0 Å². The SMILES string of the molecule is CN(CCC#N)c1ccc2c(C(=O)O)cccc2n1. The van der Waals surface area contributed by atoms with E-state index in [9.17, 15) is 4.79 Å². The Morgan fingerprint density at radius 3 is 2.89 bits per heavy atom. The number of hydrogen-bond donors (Lipinski definition) is 1. The van der Waals surface area contributed by atoms with Gasteiger partial charge in [0.25, 0.3) is 0 Å². The number of benzene rings is 1. The third-order valence-corrected chi connectivity index (χ3v) is 2.90. The number of hydrogen-bond acceptors (Lipinski definition) is 4. The zero-order valence-electron chi connectivity index (χ0n) is 10.5. The predicted molar refractivity (Wildman–Crippen MR) is 72.2 cm³/mol. The van der Waals surface area contributed by atoms with Crippen molar-refractivity contribution in [1.29, 1.82) is 5.26 Å². The fourth-order valence-corrected chi connectivity index (χ4v) is 1.88. The summed E-state index contributed by atoms with van der Waals surface area (Å²) in [5, 5.41) is 18.3. The van der Waals surface area contributed by atoms with E-state index in [1.54, 1.807) is 30.3 Å². The summed E-state index contributed by atoms with van der Waals surface area (Å²) in [6.07, 6.45) is 0.422. The van der Waals surface area contributed by atoms with Crippen molar-refractivity contribution in [3.8, 4) is 6.07 Å². The van der Waals surface area contributed by atoms with Crippen LogP contribution < -0.4 is 4.90 Å². The molecule has 96 valence electrons. The fourth-order valence-electron chi connectivity index (χ4n) is 1.88. The van der Waals surface area contributed by atoms with Crippen LogP contribution >= 0.6 is 0 Å². The van der Waals surface area contributed by atoms with Crippen LogP contribution in [0.1, 0.15) is 16.8 Å². The Labute approximate surface area is 110 Å². The average molecular weight is 255 g/mol. The summed E-state index contributed by atoms with van der Waals surface area (Å²) in [4.78, 5) is 17.4. The van der Waals surface area contributed by atoms with Gasteiger partial charge in [-0.05, 0) is 24.3 Å². The van der Waals surface area contributed by atoms with E-state index in [1.165, 1.54) is 0 Å². The lowest BCUT2D eigenvalue weighted by Crippen LogP contribution is -2.19. The molecule has 0 atom stereocenters. The minimum absolute atomic E-state index is 0.247. The number of carbonyl (C=O) groups is 1. The molecule has 1 aromatic carbocycles. The van der Waals surface area contributed by atoms with Crippen LogP contribution in [0.25, 0.3) is 10.9 Å². The zero-order valence-corrected chi connectivity index (χ0v) is 10.5. The number of aromatic nitrogens is 1. The van der Waals surface area contributed by atoms with E-state index in [1.807, 2.05) is 11.9 Å². The van der Waals surface area contributed by atoms with Crippen LogP contribution in [0, 0.1) is 11.3 Å². The van der Waals surface area contributed by atoms with Crippen LogP contribution in [-0.2, 0) is 0 Å². The number of nitriles is 1. The van der Waals surface area contributed by atoms with Gasteiger partial charge in [-0.2, -0.15) is 5.26 Å². The molecule has 0 aliphatic heterocycles. The molecule has 0 radical (unpaired) electrons. The van der Waals surface area contributed by atoms with Gasteiger partial charge in [-0.25, -0.2) is 9.78 Å². The summed E-state index contributed by atoms with van der Waals surface area (Å²) in [5.74, 6) is -0.233. The minimum Gasteiger partial charge on any atom is -0.478 e. The highest BCUT2D eigenvalue weighted by atomic mass is 16.4. The number of aromatic carboxylic acids is 1. The summed E-state index contributed by atoms with van der Waals surface area (Å²) in [5.41, 5.74) is 0.887. The highest BCUT2D eigenvalue weighted by Gasteiger charge is 2.10. The standard InChI is InChI=1S/C14H13N3O2/c1-17(9-3-8-15)13-7-6-10-11(14(18)19)4-2-5-12(10)16-13/h2,4-7H,3,9H2,1H3,(H,18,19). The predicted octanol–water partition coefficient (Wildman–Crippen LogP) is 2.28. The molecule has 0 spiro atoms. The van der Waals surface area contributed by atoms with E-state index < -0.39 is 5.97 Å². The Kier molecular flexibility index (Phi) is 3.62. The number of pyridine rings is 1. The van der Waals surface area contributed by atoms with Crippen molar-refractivity contribution in [2.24, 2.45) is 0 Å². The first-order valence-corrected chi connectivity index (χ1v) is 5.84. The molecule has 0 saturated heterocycles. The van der Waals surface area contributed by atoms with Crippen LogP contribution in [0.15, 0.2) is 30.3 Å². The van der Waals surface area contributed by atoms with Gasteiger partial charge in [0.2, 0.25) is 0 Å². The Hall–Kier alpha value is -2.61. The Bertz CT molecular complexity index is 661. The van der Waals surface area contributed by atoms with E-state index in [2.05, 4.69) is 11.1 Å². The minimum atomic E-state index is -0.960. The van der Waals surface area contributed by atoms with Crippen molar-refractivity contribution in [1.82, 2.24) is 4.98 Å². The first kappa shape index (κ1) is 12.8. The molecule has 0 amide bonds. The molecule has 1 N–H and O–H groups in total. The van der Waals surface area contributed by atoms with Gasteiger partial charge >= 0.3 is 5.97 Å². The van der Waals surface area contributed by atoms with Crippen LogP contribution in [0.5, 0.6) is 0 Å². The first-order valence-electron chi connectivity index (χ1n) is 5.84. The summed E-state index contributed by atoms with van der Waals surface area (Å²) in [6.45, 7) is 0.591. The molecule has 5 heteroatoms. The summed E-state index contributed by atoms with van der Waals surface area (Å²) >= 11 is 0. The van der Waals surface area contributed by atoms with Gasteiger partial charge in [-0.3, -0.25) is 0 Å². The topological polar surface area (TPSA) is 77.2 Å². The number of carboxylic acids is 1. The highest BCUT2D eigenvalue weighted by Crippen LogP contribution is 2.21. The monoisotopic (exact) mass is 255 g/mol. The largest absolute Gasteiger partial charge is 0.478 e. The number of anilines is 1. The molecular formula is C14H13N3O2. The van der Waals surface area contributed by atoms with E-state index in [0.717, 1.165) is 5.82 Å². The van der Waals surface area contributed by atoms with Gasteiger partial charge in [0.15, 0.2) is 0 Å². The molecule has 1 heterocycles. The first-order chi connectivity index (χ1) is 9.13. The van der Waals surface area contributed by atoms with Gasteiger partial charge in [0.1, 0.15) is 5.82 Å². The number of fused-ring (bicyclic) bond motifs is 1. The van der Waals surface area contributed by atoms with Crippen LogP contribution in [0.3, 0.4) is 0 Å². The summed E-state index contributed by atoms with van der Waals surface area (Å²) < 4.78 is 0. The third kappa shape index (κ3) is 2.63. The molecule has 19 heavy (non-hydrogen) atoms. The Morgan fingerprint density at radius 1 is 1.42 bits per heavy atom. The van der Waals surface area contributed by atoms with Crippen LogP contribution in [0.2, 0.25) is 0 Å². The van der Waals surface area contributed by atoms with Crippen molar-refractivity contribution in [2.75, 3.05) is 18.5 Å². The molecular weight excluding hydrogens is 242 g/mol. The maximum atomic E-state index is 11.1. The molecule has 1 aromatic heterocycles. The number of carboxylic acid groups (broad SMARTS) is 1. The fraction of sp³-hybridized carbons (Fsp3) is 0.214. The quantitative estimate of drug-likeness (QED) is 0.906. The highest BCUT2D eigenvalue weighted by molar-refractivity contribution is 6.02. The van der Waals surface area contributed by atoms with Gasteiger partial charge in [0, 0.05) is 19.0 Å². The lowest BCUT2D eigenvalue weighted by molar-refractivity contribution is 0.0699. The molecule has 0 saturated carbocycles. The van der Waals surface area contributed by atoms with Gasteiger partial charge in [0.05, 0.1) is 23.6 Å². The molecule has 0 unspecified atom stereocenters. The molecule has 0 bridgehead atoms. The van der Waals surface area contributed by atoms with Crippen molar-refractivity contribution < 1.29 is 9.90 Å². The third-order valence-electron chi connectivity index (χ3n) is 2.90. The van der Waals surface area contributed by atoms with Crippen molar-refractivity contribution in [2.45, 2.75) is 6.42 Å². The molecule has 2 aromatic rings.